The number of hydrogen-bond donors (Lipinski definition) is 1. The molecule has 92 valence electrons. The first-order chi connectivity index (χ1) is 8.00. The van der Waals surface area contributed by atoms with Crippen LogP contribution in [0.1, 0.15) is 31.7 Å². The molecular weight excluding hydrogens is 226 g/mol. The summed E-state index contributed by atoms with van der Waals surface area (Å²) < 4.78 is 25.7. The molecule has 0 bridgehead atoms. The predicted octanol–water partition coefficient (Wildman–Crippen LogP) is 3.62. The van der Waals surface area contributed by atoms with Gasteiger partial charge in [-0.05, 0) is 43.0 Å². The molecule has 0 saturated heterocycles. The summed E-state index contributed by atoms with van der Waals surface area (Å²) in [5, 5.41) is 8.45. The lowest BCUT2D eigenvalue weighted by Crippen LogP contribution is -1.93. The molecule has 0 aromatic heterocycles. The highest BCUT2D eigenvalue weighted by Gasteiger charge is 2.03. The van der Waals surface area contributed by atoms with E-state index in [0.29, 0.717) is 18.4 Å². The second-order valence-electron chi connectivity index (χ2n) is 3.80. The van der Waals surface area contributed by atoms with Crippen LogP contribution in [0, 0.1) is 11.6 Å². The van der Waals surface area contributed by atoms with Crippen molar-refractivity contribution in [3.05, 3.63) is 41.5 Å². The summed E-state index contributed by atoms with van der Waals surface area (Å²) in [4.78, 5) is 10.3. The van der Waals surface area contributed by atoms with Crippen LogP contribution >= 0.6 is 0 Å². The molecule has 0 radical (unpaired) electrons. The van der Waals surface area contributed by atoms with Gasteiger partial charge in [0.2, 0.25) is 0 Å². The summed E-state index contributed by atoms with van der Waals surface area (Å²) in [5.41, 5.74) is 1.42. The minimum Gasteiger partial charge on any atom is -0.481 e. The maximum Gasteiger partial charge on any atom is 0.303 e. The number of halogens is 2. The average molecular weight is 240 g/mol. The van der Waals surface area contributed by atoms with Crippen LogP contribution in [0.25, 0.3) is 5.57 Å². The molecule has 0 atom stereocenters. The predicted molar refractivity (Wildman–Crippen MR) is 61.5 cm³/mol. The molecule has 0 saturated carbocycles. The Morgan fingerprint density at radius 3 is 2.65 bits per heavy atom. The Labute approximate surface area is 98.6 Å². The van der Waals surface area contributed by atoms with Crippen LogP contribution in [-0.2, 0) is 4.79 Å². The lowest BCUT2D eigenvalue weighted by molar-refractivity contribution is -0.137. The van der Waals surface area contributed by atoms with Crippen LogP contribution in [0.4, 0.5) is 8.78 Å². The zero-order valence-corrected chi connectivity index (χ0v) is 9.54. The van der Waals surface area contributed by atoms with Gasteiger partial charge >= 0.3 is 5.97 Å². The van der Waals surface area contributed by atoms with Crippen LogP contribution in [-0.4, -0.2) is 11.1 Å². The molecule has 0 aliphatic carbocycles. The molecule has 1 aromatic carbocycles. The van der Waals surface area contributed by atoms with E-state index in [0.717, 1.165) is 17.7 Å². The molecule has 0 aliphatic rings. The van der Waals surface area contributed by atoms with E-state index in [2.05, 4.69) is 0 Å². The summed E-state index contributed by atoms with van der Waals surface area (Å²) in [7, 11) is 0. The van der Waals surface area contributed by atoms with Crippen molar-refractivity contribution in [2.24, 2.45) is 0 Å². The second kappa shape index (κ2) is 6.13. The van der Waals surface area contributed by atoms with Gasteiger partial charge in [-0.15, -0.1) is 0 Å². The lowest BCUT2D eigenvalue weighted by Gasteiger charge is -2.02. The van der Waals surface area contributed by atoms with Crippen molar-refractivity contribution in [2.75, 3.05) is 0 Å². The monoisotopic (exact) mass is 240 g/mol. The highest BCUT2D eigenvalue weighted by atomic mass is 19.2. The van der Waals surface area contributed by atoms with E-state index in [1.165, 1.54) is 6.07 Å². The van der Waals surface area contributed by atoms with Gasteiger partial charge in [-0.3, -0.25) is 4.79 Å². The van der Waals surface area contributed by atoms with Gasteiger partial charge in [0.15, 0.2) is 11.6 Å². The smallest absolute Gasteiger partial charge is 0.303 e. The molecular formula is C13H14F2O2. The Bertz CT molecular complexity index is 439. The highest BCUT2D eigenvalue weighted by molar-refractivity contribution is 5.67. The maximum absolute atomic E-state index is 13.0. The van der Waals surface area contributed by atoms with E-state index in [1.807, 2.05) is 6.08 Å². The summed E-state index contributed by atoms with van der Waals surface area (Å²) in [6.45, 7) is 1.79. The fraction of sp³-hybridized carbons (Fsp3) is 0.308. The van der Waals surface area contributed by atoms with Crippen molar-refractivity contribution in [1.29, 1.82) is 0 Å². The van der Waals surface area contributed by atoms with Gasteiger partial charge in [-0.1, -0.05) is 12.1 Å². The number of carboxylic acids is 1. The molecule has 4 heteroatoms. The van der Waals surface area contributed by atoms with Crippen molar-refractivity contribution >= 4 is 11.5 Å². The van der Waals surface area contributed by atoms with Gasteiger partial charge in [0.25, 0.3) is 0 Å². The first-order valence-electron chi connectivity index (χ1n) is 5.34. The fourth-order valence-corrected chi connectivity index (χ4v) is 1.43. The van der Waals surface area contributed by atoms with Gasteiger partial charge in [-0.25, -0.2) is 8.78 Å². The first-order valence-corrected chi connectivity index (χ1v) is 5.34. The van der Waals surface area contributed by atoms with Crippen LogP contribution in [0.2, 0.25) is 0 Å². The van der Waals surface area contributed by atoms with Gasteiger partial charge in [0.1, 0.15) is 0 Å². The number of allylic oxidation sites excluding steroid dienone is 2. The van der Waals surface area contributed by atoms with Gasteiger partial charge in [-0.2, -0.15) is 0 Å². The number of carbonyl (C=O) groups is 1. The summed E-state index contributed by atoms with van der Waals surface area (Å²) in [5.74, 6) is -2.57. The van der Waals surface area contributed by atoms with Crippen LogP contribution in [0.5, 0.6) is 0 Å². The third kappa shape index (κ3) is 4.34. The van der Waals surface area contributed by atoms with Crippen molar-refractivity contribution in [3.63, 3.8) is 0 Å². The molecule has 0 fully saturated rings. The summed E-state index contributed by atoms with van der Waals surface area (Å²) >= 11 is 0. The Morgan fingerprint density at radius 1 is 1.35 bits per heavy atom. The van der Waals surface area contributed by atoms with Crippen LogP contribution < -0.4 is 0 Å². The molecule has 0 heterocycles. The Balaban J connectivity index is 2.62. The maximum atomic E-state index is 13.0. The number of aliphatic carboxylic acids is 1. The SMILES string of the molecule is C/C(=C\CCCC(=O)O)c1ccc(F)c(F)c1. The van der Waals surface area contributed by atoms with Crippen molar-refractivity contribution in [3.8, 4) is 0 Å². The zero-order chi connectivity index (χ0) is 12.8. The van der Waals surface area contributed by atoms with E-state index in [9.17, 15) is 13.6 Å². The van der Waals surface area contributed by atoms with Gasteiger partial charge < -0.3 is 5.11 Å². The number of carboxylic acid groups (broad SMARTS) is 1. The molecule has 1 aromatic rings. The topological polar surface area (TPSA) is 37.3 Å². The van der Waals surface area contributed by atoms with Crippen molar-refractivity contribution in [1.82, 2.24) is 0 Å². The molecule has 1 N–H and O–H groups in total. The van der Waals surface area contributed by atoms with E-state index < -0.39 is 17.6 Å². The molecule has 0 amide bonds. The fourth-order valence-electron chi connectivity index (χ4n) is 1.43. The summed E-state index contributed by atoms with van der Waals surface area (Å²) in [6.07, 6.45) is 3.09. The van der Waals surface area contributed by atoms with E-state index in [1.54, 1.807) is 6.92 Å². The molecule has 2 nitrogen and oxygen atoms in total. The zero-order valence-electron chi connectivity index (χ0n) is 9.54. The Morgan fingerprint density at radius 2 is 2.06 bits per heavy atom. The van der Waals surface area contributed by atoms with E-state index in [-0.39, 0.29) is 6.42 Å². The quantitative estimate of drug-likeness (QED) is 0.798. The third-order valence-electron chi connectivity index (χ3n) is 2.42. The molecule has 1 rings (SSSR count). The van der Waals surface area contributed by atoms with Crippen molar-refractivity contribution in [2.45, 2.75) is 26.2 Å². The average Bonchev–Trinajstić information content (AvgIpc) is 2.27. The van der Waals surface area contributed by atoms with E-state index in [4.69, 9.17) is 5.11 Å². The summed E-state index contributed by atoms with van der Waals surface area (Å²) in [6, 6.07) is 3.72. The third-order valence-corrected chi connectivity index (χ3v) is 2.42. The van der Waals surface area contributed by atoms with E-state index >= 15 is 0 Å². The number of benzene rings is 1. The normalized spacial score (nSPS) is 11.6. The minimum atomic E-state index is -0.874. The molecule has 0 unspecified atom stereocenters. The highest BCUT2D eigenvalue weighted by Crippen LogP contribution is 2.18. The van der Waals surface area contributed by atoms with Crippen LogP contribution in [0.15, 0.2) is 24.3 Å². The molecule has 0 aliphatic heterocycles. The number of rotatable bonds is 5. The van der Waals surface area contributed by atoms with Gasteiger partial charge in [0.05, 0.1) is 0 Å². The largest absolute Gasteiger partial charge is 0.481 e. The Hall–Kier alpha value is -1.71. The number of hydrogen-bond acceptors (Lipinski definition) is 1. The molecule has 0 spiro atoms. The lowest BCUT2D eigenvalue weighted by atomic mass is 10.1. The van der Waals surface area contributed by atoms with Crippen molar-refractivity contribution < 1.29 is 18.7 Å². The number of unbranched alkanes of at least 4 members (excludes halogenated alkanes) is 1. The van der Waals surface area contributed by atoms with Crippen LogP contribution in [0.3, 0.4) is 0 Å². The Kier molecular flexibility index (Phi) is 4.82. The first kappa shape index (κ1) is 13.4. The standard InChI is InChI=1S/C13H14F2O2/c1-9(4-2-3-5-13(16)17)10-6-7-11(14)12(15)8-10/h4,6-8H,2-3,5H2,1H3,(H,16,17)/b9-4+. The van der Waals surface area contributed by atoms with Gasteiger partial charge in [0, 0.05) is 6.42 Å². The minimum absolute atomic E-state index is 0.113. The molecule has 17 heavy (non-hydrogen) atoms. The second-order valence-corrected chi connectivity index (χ2v) is 3.80.